The number of Topliss-reactive ketones (excluding diaryl/α,β-unsaturated/α-hetero) is 1. The molecule has 2 N–H and O–H groups in total. The average Bonchev–Trinajstić information content (AvgIpc) is 3.11. The number of carbonyl (C=O) groups excluding carboxylic acids is 3. The highest BCUT2D eigenvalue weighted by molar-refractivity contribution is 6.04. The maximum absolute atomic E-state index is 12.2. The summed E-state index contributed by atoms with van der Waals surface area (Å²) >= 11 is 0. The van der Waals surface area contributed by atoms with Crippen molar-refractivity contribution in [3.05, 3.63) is 59.8 Å². The first-order valence-electron chi connectivity index (χ1n) is 8.62. The number of nitrogens with zero attached hydrogens (tertiary/aromatic N) is 1. The molecule has 1 amide bonds. The summed E-state index contributed by atoms with van der Waals surface area (Å²) in [6.07, 6.45) is 1.21. The lowest BCUT2D eigenvalue weighted by Gasteiger charge is -2.06. The van der Waals surface area contributed by atoms with Gasteiger partial charge in [-0.05, 0) is 36.8 Å². The van der Waals surface area contributed by atoms with Crippen LogP contribution in [0.25, 0.3) is 10.9 Å². The summed E-state index contributed by atoms with van der Waals surface area (Å²) < 4.78 is 5.10. The Morgan fingerprint density at radius 2 is 1.81 bits per heavy atom. The van der Waals surface area contributed by atoms with Crippen LogP contribution in [0.3, 0.4) is 0 Å². The van der Waals surface area contributed by atoms with Gasteiger partial charge in [0.1, 0.15) is 0 Å². The quantitative estimate of drug-likeness (QED) is 0.494. The number of esters is 1. The molecule has 0 saturated carbocycles. The van der Waals surface area contributed by atoms with Crippen LogP contribution < -0.4 is 5.32 Å². The molecule has 0 spiro atoms. The van der Waals surface area contributed by atoms with E-state index in [1.54, 1.807) is 42.5 Å². The van der Waals surface area contributed by atoms with Crippen LogP contribution in [0, 0.1) is 0 Å². The van der Waals surface area contributed by atoms with Gasteiger partial charge >= 0.3 is 5.97 Å². The number of aromatic amines is 1. The van der Waals surface area contributed by atoms with E-state index in [0.29, 0.717) is 23.1 Å². The van der Waals surface area contributed by atoms with E-state index in [2.05, 4.69) is 15.5 Å². The highest BCUT2D eigenvalue weighted by Gasteiger charge is 2.17. The second-order valence-electron chi connectivity index (χ2n) is 5.99. The molecule has 1 aromatic heterocycles. The highest BCUT2D eigenvalue weighted by Crippen LogP contribution is 2.16. The van der Waals surface area contributed by atoms with E-state index in [1.165, 1.54) is 0 Å². The zero-order chi connectivity index (χ0) is 19.2. The Kier molecular flexibility index (Phi) is 5.61. The minimum absolute atomic E-state index is 0.0725. The standard InChI is InChI=1S/C20H19N3O4/c1-2-5-18(25)21-14-10-8-13(9-11-14)17(24)12-27-20(26)19-15-6-3-4-7-16(15)22-23-19/h3-4,6-11H,2,5,12H2,1H3,(H,21,25)(H,22,23). The van der Waals surface area contributed by atoms with Crippen LogP contribution in [0.4, 0.5) is 5.69 Å². The van der Waals surface area contributed by atoms with Gasteiger partial charge in [0.25, 0.3) is 0 Å². The number of nitrogens with one attached hydrogen (secondary N) is 2. The van der Waals surface area contributed by atoms with Gasteiger partial charge in [-0.3, -0.25) is 14.7 Å². The summed E-state index contributed by atoms with van der Waals surface area (Å²) in [6, 6.07) is 13.6. The number of ether oxygens (including phenoxy) is 1. The molecule has 0 atom stereocenters. The van der Waals surface area contributed by atoms with Crippen molar-refractivity contribution in [3.63, 3.8) is 0 Å². The van der Waals surface area contributed by atoms with Crippen molar-refractivity contribution in [1.29, 1.82) is 0 Å². The summed E-state index contributed by atoms with van der Waals surface area (Å²) in [4.78, 5) is 36.0. The number of aromatic nitrogens is 2. The molecule has 0 fully saturated rings. The van der Waals surface area contributed by atoms with E-state index >= 15 is 0 Å². The summed E-state index contributed by atoms with van der Waals surface area (Å²) in [6.45, 7) is 1.54. The Balaban J connectivity index is 1.59. The number of rotatable bonds is 7. The fraction of sp³-hybridized carbons (Fsp3) is 0.200. The van der Waals surface area contributed by atoms with Crippen molar-refractivity contribution >= 4 is 34.3 Å². The molecule has 0 saturated heterocycles. The molecule has 1 heterocycles. The zero-order valence-electron chi connectivity index (χ0n) is 14.8. The van der Waals surface area contributed by atoms with Crippen LogP contribution in [-0.4, -0.2) is 34.5 Å². The van der Waals surface area contributed by atoms with E-state index in [4.69, 9.17) is 4.74 Å². The fourth-order valence-corrected chi connectivity index (χ4v) is 2.59. The van der Waals surface area contributed by atoms with Gasteiger partial charge in [0.05, 0.1) is 5.52 Å². The lowest BCUT2D eigenvalue weighted by Crippen LogP contribution is -2.15. The van der Waals surface area contributed by atoms with Crippen molar-refractivity contribution < 1.29 is 19.1 Å². The number of para-hydroxylation sites is 1. The number of fused-ring (bicyclic) bond motifs is 1. The van der Waals surface area contributed by atoms with Gasteiger partial charge in [-0.1, -0.05) is 25.1 Å². The van der Waals surface area contributed by atoms with Crippen molar-refractivity contribution in [2.24, 2.45) is 0 Å². The molecular weight excluding hydrogens is 346 g/mol. The number of ketones is 1. The number of H-pyrrole nitrogens is 1. The lowest BCUT2D eigenvalue weighted by atomic mass is 10.1. The maximum Gasteiger partial charge on any atom is 0.359 e. The Morgan fingerprint density at radius 1 is 1.07 bits per heavy atom. The van der Waals surface area contributed by atoms with Crippen molar-refractivity contribution in [3.8, 4) is 0 Å². The smallest absolute Gasteiger partial charge is 0.359 e. The number of benzene rings is 2. The average molecular weight is 365 g/mol. The molecule has 3 aromatic rings. The zero-order valence-corrected chi connectivity index (χ0v) is 14.8. The Bertz CT molecular complexity index is 976. The van der Waals surface area contributed by atoms with Crippen molar-refractivity contribution in [1.82, 2.24) is 10.2 Å². The van der Waals surface area contributed by atoms with E-state index in [9.17, 15) is 14.4 Å². The Labute approximate surface area is 155 Å². The van der Waals surface area contributed by atoms with Crippen LogP contribution in [0.5, 0.6) is 0 Å². The number of hydrogen-bond acceptors (Lipinski definition) is 5. The van der Waals surface area contributed by atoms with Crippen LogP contribution >= 0.6 is 0 Å². The minimum Gasteiger partial charge on any atom is -0.452 e. The molecule has 27 heavy (non-hydrogen) atoms. The van der Waals surface area contributed by atoms with E-state index in [-0.39, 0.29) is 24.0 Å². The van der Waals surface area contributed by atoms with Gasteiger partial charge in [-0.2, -0.15) is 5.10 Å². The molecule has 0 aliphatic carbocycles. The molecule has 7 heteroatoms. The van der Waals surface area contributed by atoms with E-state index in [1.807, 2.05) is 13.0 Å². The molecule has 2 aromatic carbocycles. The Morgan fingerprint density at radius 3 is 2.56 bits per heavy atom. The van der Waals surface area contributed by atoms with E-state index < -0.39 is 5.97 Å². The van der Waals surface area contributed by atoms with Gasteiger partial charge < -0.3 is 10.1 Å². The van der Waals surface area contributed by atoms with Gasteiger partial charge in [-0.15, -0.1) is 0 Å². The SMILES string of the molecule is CCCC(=O)Nc1ccc(C(=O)COC(=O)c2n[nH]c3ccccc23)cc1. The molecular formula is C20H19N3O4. The number of hydrogen-bond donors (Lipinski definition) is 2. The largest absolute Gasteiger partial charge is 0.452 e. The predicted octanol–water partition coefficient (Wildman–Crippen LogP) is 3.34. The van der Waals surface area contributed by atoms with Gasteiger partial charge in [0.15, 0.2) is 18.1 Å². The molecule has 3 rings (SSSR count). The summed E-state index contributed by atoms with van der Waals surface area (Å²) in [5.41, 5.74) is 1.87. The third-order valence-electron chi connectivity index (χ3n) is 3.97. The number of anilines is 1. The third kappa shape index (κ3) is 4.38. The van der Waals surface area contributed by atoms with Crippen molar-refractivity contribution in [2.45, 2.75) is 19.8 Å². The fourth-order valence-electron chi connectivity index (χ4n) is 2.59. The van der Waals surface area contributed by atoms with E-state index in [0.717, 1.165) is 11.9 Å². The maximum atomic E-state index is 12.2. The molecule has 7 nitrogen and oxygen atoms in total. The monoisotopic (exact) mass is 365 g/mol. The molecule has 0 aliphatic rings. The minimum atomic E-state index is -0.663. The first-order chi connectivity index (χ1) is 13.1. The van der Waals surface area contributed by atoms with Gasteiger partial charge in [0, 0.05) is 23.1 Å². The van der Waals surface area contributed by atoms with Crippen LogP contribution in [-0.2, 0) is 9.53 Å². The molecule has 0 aliphatic heterocycles. The first kappa shape index (κ1) is 18.3. The number of carbonyl (C=O) groups is 3. The predicted molar refractivity (Wildman–Crippen MR) is 101 cm³/mol. The molecule has 0 unspecified atom stereocenters. The normalized spacial score (nSPS) is 10.6. The summed E-state index contributed by atoms with van der Waals surface area (Å²) in [5.74, 6) is -1.07. The second kappa shape index (κ2) is 8.27. The number of amides is 1. The second-order valence-corrected chi connectivity index (χ2v) is 5.99. The molecule has 0 radical (unpaired) electrons. The topological polar surface area (TPSA) is 101 Å². The van der Waals surface area contributed by atoms with Crippen LogP contribution in [0.1, 0.15) is 40.6 Å². The molecule has 138 valence electrons. The lowest BCUT2D eigenvalue weighted by molar-refractivity contribution is -0.116. The van der Waals surface area contributed by atoms with Crippen molar-refractivity contribution in [2.75, 3.05) is 11.9 Å². The summed E-state index contributed by atoms with van der Waals surface area (Å²) in [5, 5.41) is 10.1. The Hall–Kier alpha value is -3.48. The van der Waals surface area contributed by atoms with Gasteiger partial charge in [0.2, 0.25) is 5.91 Å². The third-order valence-corrected chi connectivity index (χ3v) is 3.97. The van der Waals surface area contributed by atoms with Gasteiger partial charge in [-0.25, -0.2) is 4.79 Å². The first-order valence-corrected chi connectivity index (χ1v) is 8.62. The summed E-state index contributed by atoms with van der Waals surface area (Å²) in [7, 11) is 0. The highest BCUT2D eigenvalue weighted by atomic mass is 16.5. The van der Waals surface area contributed by atoms with Crippen LogP contribution in [0.15, 0.2) is 48.5 Å². The molecule has 0 bridgehead atoms. The van der Waals surface area contributed by atoms with Crippen LogP contribution in [0.2, 0.25) is 0 Å².